The number of amides is 1. The van der Waals surface area contributed by atoms with Crippen LogP contribution in [0, 0.1) is 0 Å². The van der Waals surface area contributed by atoms with Crippen molar-refractivity contribution in [3.05, 3.63) is 65.0 Å². The number of carbonyl (C=O) groups is 1. The molecule has 0 fully saturated rings. The van der Waals surface area contributed by atoms with Crippen molar-refractivity contribution in [1.82, 2.24) is 18.8 Å². The van der Waals surface area contributed by atoms with Crippen molar-refractivity contribution in [3.8, 4) is 11.5 Å². The van der Waals surface area contributed by atoms with Crippen molar-refractivity contribution in [2.45, 2.75) is 25.8 Å². The summed E-state index contributed by atoms with van der Waals surface area (Å²) >= 11 is 1.18. The van der Waals surface area contributed by atoms with Crippen LogP contribution in [0.2, 0.25) is 0 Å². The van der Waals surface area contributed by atoms with E-state index in [9.17, 15) is 4.79 Å². The summed E-state index contributed by atoms with van der Waals surface area (Å²) < 4.78 is 24.6. The molecule has 158 valence electrons. The van der Waals surface area contributed by atoms with Gasteiger partial charge in [-0.2, -0.15) is 8.75 Å². The molecule has 0 N–H and O–H groups in total. The Morgan fingerprint density at radius 1 is 1.06 bits per heavy atom. The Morgan fingerprint density at radius 3 is 2.77 bits per heavy atom. The van der Waals surface area contributed by atoms with Crippen molar-refractivity contribution in [3.63, 3.8) is 0 Å². The van der Waals surface area contributed by atoms with E-state index < -0.39 is 0 Å². The minimum absolute atomic E-state index is 0.0792. The molecule has 0 bridgehead atoms. The highest BCUT2D eigenvalue weighted by Crippen LogP contribution is 2.34. The summed E-state index contributed by atoms with van der Waals surface area (Å²) in [6.07, 6.45) is 0.744. The molecule has 1 atom stereocenters. The van der Waals surface area contributed by atoms with Crippen molar-refractivity contribution in [2.75, 3.05) is 13.8 Å². The van der Waals surface area contributed by atoms with Crippen LogP contribution in [0.4, 0.5) is 0 Å². The second-order valence-electron chi connectivity index (χ2n) is 7.66. The first-order valence-electron chi connectivity index (χ1n) is 9.88. The highest BCUT2D eigenvalue weighted by molar-refractivity contribution is 7.00. The van der Waals surface area contributed by atoms with Crippen molar-refractivity contribution in [1.29, 1.82) is 0 Å². The van der Waals surface area contributed by atoms with E-state index in [2.05, 4.69) is 20.8 Å². The molecule has 0 radical (unpaired) electrons. The van der Waals surface area contributed by atoms with Gasteiger partial charge in [-0.05, 0) is 41.8 Å². The van der Waals surface area contributed by atoms with Gasteiger partial charge in [-0.3, -0.25) is 4.79 Å². The summed E-state index contributed by atoms with van der Waals surface area (Å²) in [5.74, 6) is 1.61. The predicted molar refractivity (Wildman–Crippen MR) is 114 cm³/mol. The normalized spacial score (nSPS) is 13.5. The molecule has 1 amide bonds. The fourth-order valence-electron chi connectivity index (χ4n) is 3.61. The summed E-state index contributed by atoms with van der Waals surface area (Å²) in [4.78, 5) is 14.4. The second kappa shape index (κ2) is 7.99. The van der Waals surface area contributed by atoms with Crippen LogP contribution in [-0.2, 0) is 13.0 Å². The van der Waals surface area contributed by atoms with E-state index in [4.69, 9.17) is 14.0 Å². The molecular weight excluding hydrogens is 416 g/mol. The van der Waals surface area contributed by atoms with Gasteiger partial charge in [0.2, 0.25) is 12.6 Å². The summed E-state index contributed by atoms with van der Waals surface area (Å²) in [5, 5.41) is 4.13. The van der Waals surface area contributed by atoms with Crippen LogP contribution in [0.1, 0.15) is 40.2 Å². The molecule has 3 heterocycles. The third kappa shape index (κ3) is 3.96. The van der Waals surface area contributed by atoms with E-state index in [0.717, 1.165) is 45.8 Å². The van der Waals surface area contributed by atoms with Crippen molar-refractivity contribution >= 4 is 28.7 Å². The molecule has 1 unspecified atom stereocenters. The zero-order valence-corrected chi connectivity index (χ0v) is 17.9. The Balaban J connectivity index is 1.24. The van der Waals surface area contributed by atoms with Gasteiger partial charge in [0.1, 0.15) is 11.0 Å². The fraction of sp³-hybridized carbons (Fsp3) is 0.273. The Bertz CT molecular complexity index is 1250. The maximum atomic E-state index is 12.8. The van der Waals surface area contributed by atoms with Gasteiger partial charge in [0.25, 0.3) is 5.91 Å². The molecule has 0 spiro atoms. The third-order valence-corrected chi connectivity index (χ3v) is 5.86. The number of fused-ring (bicyclic) bond motifs is 2. The zero-order valence-electron chi connectivity index (χ0n) is 17.1. The Kier molecular flexibility index (Phi) is 5.03. The van der Waals surface area contributed by atoms with Crippen LogP contribution in [0.15, 0.2) is 47.0 Å². The SMILES string of the molecule is CC(Cc1ccc2c(c1)OCO2)c1cc(C(=O)N(C)Cc2ccc3nsnc3c2)on1. The van der Waals surface area contributed by atoms with E-state index in [1.807, 2.05) is 36.4 Å². The van der Waals surface area contributed by atoms with Gasteiger partial charge in [0.15, 0.2) is 11.5 Å². The molecule has 0 saturated heterocycles. The molecule has 5 rings (SSSR count). The minimum Gasteiger partial charge on any atom is -0.454 e. The topological polar surface area (TPSA) is 90.6 Å². The number of rotatable bonds is 6. The molecule has 2 aromatic heterocycles. The molecule has 8 nitrogen and oxygen atoms in total. The van der Waals surface area contributed by atoms with Gasteiger partial charge >= 0.3 is 0 Å². The lowest BCUT2D eigenvalue weighted by Crippen LogP contribution is -2.25. The molecule has 1 aliphatic heterocycles. The average Bonchev–Trinajstić information content (AvgIpc) is 3.52. The molecule has 4 aromatic rings. The van der Waals surface area contributed by atoms with Gasteiger partial charge in [-0.25, -0.2) is 0 Å². The van der Waals surface area contributed by atoms with Crippen LogP contribution in [0.3, 0.4) is 0 Å². The molecule has 31 heavy (non-hydrogen) atoms. The molecule has 0 saturated carbocycles. The summed E-state index contributed by atoms with van der Waals surface area (Å²) in [6, 6.07) is 13.4. The molecule has 1 aliphatic rings. The lowest BCUT2D eigenvalue weighted by atomic mass is 9.97. The van der Waals surface area contributed by atoms with E-state index >= 15 is 0 Å². The highest BCUT2D eigenvalue weighted by Gasteiger charge is 2.21. The molecular formula is C22H20N4O4S. The smallest absolute Gasteiger partial charge is 0.292 e. The third-order valence-electron chi connectivity index (χ3n) is 5.31. The number of aromatic nitrogens is 3. The van der Waals surface area contributed by atoms with E-state index in [1.165, 1.54) is 11.7 Å². The van der Waals surface area contributed by atoms with E-state index in [-0.39, 0.29) is 24.4 Å². The lowest BCUT2D eigenvalue weighted by molar-refractivity contribution is 0.0743. The Labute approximate surface area is 182 Å². The Morgan fingerprint density at radius 2 is 1.87 bits per heavy atom. The van der Waals surface area contributed by atoms with Gasteiger partial charge in [0, 0.05) is 25.6 Å². The van der Waals surface area contributed by atoms with Crippen LogP contribution in [0.5, 0.6) is 11.5 Å². The Hall–Kier alpha value is -3.46. The lowest BCUT2D eigenvalue weighted by Gasteiger charge is -2.15. The maximum Gasteiger partial charge on any atom is 0.292 e. The molecule has 0 aliphatic carbocycles. The minimum atomic E-state index is -0.217. The van der Waals surface area contributed by atoms with Gasteiger partial charge in [0.05, 0.1) is 17.4 Å². The van der Waals surface area contributed by atoms with Gasteiger partial charge in [-0.1, -0.05) is 24.2 Å². The van der Waals surface area contributed by atoms with Gasteiger partial charge in [-0.15, -0.1) is 0 Å². The first kappa shape index (κ1) is 19.5. The summed E-state index contributed by atoms with van der Waals surface area (Å²) in [5.41, 5.74) is 4.52. The quantitative estimate of drug-likeness (QED) is 0.451. The fourth-order valence-corrected chi connectivity index (χ4v) is 4.13. The van der Waals surface area contributed by atoms with E-state index in [0.29, 0.717) is 6.54 Å². The number of carbonyl (C=O) groups excluding carboxylic acids is 1. The number of nitrogens with zero attached hydrogens (tertiary/aromatic N) is 4. The first-order chi connectivity index (χ1) is 15.1. The zero-order chi connectivity index (χ0) is 21.4. The van der Waals surface area contributed by atoms with Crippen LogP contribution < -0.4 is 9.47 Å². The van der Waals surface area contributed by atoms with E-state index in [1.54, 1.807) is 18.0 Å². The predicted octanol–water partition coefficient (Wildman–Crippen LogP) is 4.03. The maximum absolute atomic E-state index is 12.8. The van der Waals surface area contributed by atoms with Crippen molar-refractivity contribution < 1.29 is 18.8 Å². The van der Waals surface area contributed by atoms with Crippen LogP contribution >= 0.6 is 11.7 Å². The molecule has 9 heteroatoms. The first-order valence-corrected chi connectivity index (χ1v) is 10.6. The summed E-state index contributed by atoms with van der Waals surface area (Å²) in [7, 11) is 1.74. The number of hydrogen-bond acceptors (Lipinski definition) is 8. The van der Waals surface area contributed by atoms with Crippen LogP contribution in [0.25, 0.3) is 11.0 Å². The summed E-state index contributed by atoms with van der Waals surface area (Å²) in [6.45, 7) is 2.75. The standard InChI is InChI=1S/C22H20N4O4S/c1-13(7-14-4-6-19-20(9-14)29-12-28-19)17-10-21(30-23-17)22(27)26(2)11-15-3-5-16-18(8-15)25-31-24-16/h3-6,8-10,13H,7,11-12H2,1-2H3. The monoisotopic (exact) mass is 436 g/mol. The largest absolute Gasteiger partial charge is 0.454 e. The number of hydrogen-bond donors (Lipinski definition) is 0. The molecule has 2 aromatic carbocycles. The number of benzene rings is 2. The highest BCUT2D eigenvalue weighted by atomic mass is 32.1. The van der Waals surface area contributed by atoms with Crippen molar-refractivity contribution in [2.24, 2.45) is 0 Å². The second-order valence-corrected chi connectivity index (χ2v) is 8.19. The number of ether oxygens (including phenoxy) is 2. The van der Waals surface area contributed by atoms with Gasteiger partial charge < -0.3 is 18.9 Å². The average molecular weight is 436 g/mol. The van der Waals surface area contributed by atoms with Crippen LogP contribution in [-0.4, -0.2) is 38.6 Å².